The van der Waals surface area contributed by atoms with Crippen LogP contribution in [-0.2, 0) is 9.57 Å². The predicted octanol–water partition coefficient (Wildman–Crippen LogP) is 2.32. The number of carbonyl (C=O) groups excluding carboxylic acids is 1. The first-order chi connectivity index (χ1) is 9.41. The fourth-order valence-corrected chi connectivity index (χ4v) is 3.98. The van der Waals surface area contributed by atoms with Crippen molar-refractivity contribution in [3.63, 3.8) is 0 Å². The molecule has 2 heterocycles. The minimum absolute atomic E-state index is 0.0343. The summed E-state index contributed by atoms with van der Waals surface area (Å²) in [4.78, 5) is 19.7. The van der Waals surface area contributed by atoms with Crippen LogP contribution in [0, 0.1) is 11.8 Å². The summed E-state index contributed by atoms with van der Waals surface area (Å²) in [6.45, 7) is 7.91. The molecule has 2 saturated heterocycles. The lowest BCUT2D eigenvalue weighted by Crippen LogP contribution is -2.52. The van der Waals surface area contributed by atoms with Gasteiger partial charge in [-0.1, -0.05) is 12.8 Å². The molecule has 1 N–H and O–H groups in total. The zero-order valence-electron chi connectivity index (χ0n) is 12.8. The monoisotopic (exact) mass is 282 g/mol. The Morgan fingerprint density at radius 1 is 1.30 bits per heavy atom. The highest BCUT2D eigenvalue weighted by Crippen LogP contribution is 2.45. The molecule has 1 aliphatic carbocycles. The molecule has 0 aromatic carbocycles. The van der Waals surface area contributed by atoms with Gasteiger partial charge in [0.1, 0.15) is 5.60 Å². The van der Waals surface area contributed by atoms with Crippen LogP contribution in [0.1, 0.15) is 46.5 Å². The Bertz CT molecular complexity index is 387. The van der Waals surface area contributed by atoms with Crippen molar-refractivity contribution in [1.82, 2.24) is 10.4 Å². The van der Waals surface area contributed by atoms with Gasteiger partial charge in [-0.2, -0.15) is 5.48 Å². The number of hydrogen-bond acceptors (Lipinski definition) is 4. The molecular weight excluding hydrogens is 256 g/mol. The SMILES string of the molecule is CC(C)(C)OC(=O)N1CC2CONC2(C2CCCC2)C1. The molecule has 3 rings (SSSR count). The average molecular weight is 282 g/mol. The highest BCUT2D eigenvalue weighted by molar-refractivity contribution is 5.69. The Morgan fingerprint density at radius 3 is 2.65 bits per heavy atom. The van der Waals surface area contributed by atoms with E-state index in [1.165, 1.54) is 25.7 Å². The Kier molecular flexibility index (Phi) is 3.45. The van der Waals surface area contributed by atoms with Crippen LogP contribution in [-0.4, -0.2) is 41.8 Å². The lowest BCUT2D eigenvalue weighted by molar-refractivity contribution is 0.00874. The third-order valence-corrected chi connectivity index (χ3v) is 4.90. The van der Waals surface area contributed by atoms with Crippen molar-refractivity contribution >= 4 is 6.09 Å². The molecule has 2 atom stereocenters. The molecule has 0 aromatic rings. The maximum atomic E-state index is 12.3. The highest BCUT2D eigenvalue weighted by atomic mass is 16.7. The number of carbonyl (C=O) groups is 1. The summed E-state index contributed by atoms with van der Waals surface area (Å²) in [5.41, 5.74) is 2.81. The molecule has 1 amide bonds. The van der Waals surface area contributed by atoms with Crippen molar-refractivity contribution < 1.29 is 14.4 Å². The van der Waals surface area contributed by atoms with Crippen molar-refractivity contribution in [2.45, 2.75) is 57.6 Å². The maximum Gasteiger partial charge on any atom is 0.410 e. The molecule has 3 fully saturated rings. The van der Waals surface area contributed by atoms with Crippen molar-refractivity contribution in [3.8, 4) is 0 Å². The van der Waals surface area contributed by atoms with E-state index in [-0.39, 0.29) is 11.6 Å². The summed E-state index contributed by atoms with van der Waals surface area (Å²) in [6.07, 6.45) is 4.90. The van der Waals surface area contributed by atoms with E-state index in [1.54, 1.807) is 0 Å². The Balaban J connectivity index is 1.71. The molecule has 0 aromatic heterocycles. The zero-order chi connectivity index (χ0) is 14.4. The third-order valence-electron chi connectivity index (χ3n) is 4.90. The first kappa shape index (κ1) is 14.1. The van der Waals surface area contributed by atoms with Crippen molar-refractivity contribution in [1.29, 1.82) is 0 Å². The third kappa shape index (κ3) is 2.42. The van der Waals surface area contributed by atoms with Crippen molar-refractivity contribution in [2.75, 3.05) is 19.7 Å². The normalized spacial score (nSPS) is 34.5. The lowest BCUT2D eigenvalue weighted by atomic mass is 9.77. The van der Waals surface area contributed by atoms with Crippen LogP contribution in [0.25, 0.3) is 0 Å². The smallest absolute Gasteiger partial charge is 0.410 e. The van der Waals surface area contributed by atoms with E-state index in [0.29, 0.717) is 18.4 Å². The Morgan fingerprint density at radius 2 is 2.00 bits per heavy atom. The number of rotatable bonds is 1. The molecule has 0 radical (unpaired) electrons. The van der Waals surface area contributed by atoms with E-state index in [9.17, 15) is 4.79 Å². The van der Waals surface area contributed by atoms with Gasteiger partial charge < -0.3 is 14.5 Å². The van der Waals surface area contributed by atoms with Crippen LogP contribution in [0.2, 0.25) is 0 Å². The van der Waals surface area contributed by atoms with Gasteiger partial charge in [0.15, 0.2) is 0 Å². The lowest BCUT2D eigenvalue weighted by Gasteiger charge is -2.34. The summed E-state index contributed by atoms with van der Waals surface area (Å²) in [5.74, 6) is 1.03. The van der Waals surface area contributed by atoms with Gasteiger partial charge in [0, 0.05) is 19.0 Å². The summed E-state index contributed by atoms with van der Waals surface area (Å²) in [5, 5.41) is 0. The second kappa shape index (κ2) is 4.88. The number of nitrogens with zero attached hydrogens (tertiary/aromatic N) is 1. The van der Waals surface area contributed by atoms with Crippen molar-refractivity contribution in [3.05, 3.63) is 0 Å². The number of amides is 1. The van der Waals surface area contributed by atoms with Gasteiger partial charge in [0.25, 0.3) is 0 Å². The number of fused-ring (bicyclic) bond motifs is 1. The first-order valence-electron chi connectivity index (χ1n) is 7.78. The fraction of sp³-hybridized carbons (Fsp3) is 0.933. The quantitative estimate of drug-likeness (QED) is 0.802. The molecule has 2 unspecified atom stereocenters. The molecule has 2 aliphatic heterocycles. The van der Waals surface area contributed by atoms with Gasteiger partial charge in [0.2, 0.25) is 0 Å². The van der Waals surface area contributed by atoms with Crippen LogP contribution in [0.4, 0.5) is 4.79 Å². The molecule has 5 heteroatoms. The topological polar surface area (TPSA) is 50.8 Å². The molecule has 0 bridgehead atoms. The standard InChI is InChI=1S/C15H26N2O3/c1-14(2,3)20-13(18)17-8-12-9-19-16-15(12,10-17)11-6-4-5-7-11/h11-12,16H,4-10H2,1-3H3. The zero-order valence-corrected chi connectivity index (χ0v) is 12.8. The average Bonchev–Trinajstić information content (AvgIpc) is 3.01. The fourth-order valence-electron chi connectivity index (χ4n) is 3.98. The number of nitrogens with one attached hydrogen (secondary N) is 1. The second-order valence-electron chi connectivity index (χ2n) is 7.49. The summed E-state index contributed by atoms with van der Waals surface area (Å²) < 4.78 is 5.51. The molecular formula is C15H26N2O3. The molecule has 20 heavy (non-hydrogen) atoms. The summed E-state index contributed by atoms with van der Waals surface area (Å²) in [6, 6.07) is 0. The van der Waals surface area contributed by atoms with E-state index < -0.39 is 5.60 Å². The molecule has 3 aliphatic rings. The van der Waals surface area contributed by atoms with E-state index in [0.717, 1.165) is 13.1 Å². The minimum atomic E-state index is -0.431. The van der Waals surface area contributed by atoms with Gasteiger partial charge in [-0.15, -0.1) is 0 Å². The number of likely N-dealkylation sites (tertiary alicyclic amines) is 1. The maximum absolute atomic E-state index is 12.3. The van der Waals surface area contributed by atoms with Gasteiger partial charge in [-0.25, -0.2) is 4.79 Å². The van der Waals surface area contributed by atoms with E-state index in [4.69, 9.17) is 9.57 Å². The Labute approximate surface area is 120 Å². The molecule has 114 valence electrons. The molecule has 0 spiro atoms. The largest absolute Gasteiger partial charge is 0.444 e. The van der Waals surface area contributed by atoms with Crippen LogP contribution in [0.5, 0.6) is 0 Å². The number of hydrogen-bond donors (Lipinski definition) is 1. The van der Waals surface area contributed by atoms with E-state index >= 15 is 0 Å². The molecule has 5 nitrogen and oxygen atoms in total. The van der Waals surface area contributed by atoms with Gasteiger partial charge in [-0.05, 0) is 39.5 Å². The van der Waals surface area contributed by atoms with Crippen LogP contribution in [0.15, 0.2) is 0 Å². The number of ether oxygens (including phenoxy) is 1. The van der Waals surface area contributed by atoms with Crippen LogP contribution >= 0.6 is 0 Å². The van der Waals surface area contributed by atoms with Crippen molar-refractivity contribution in [2.24, 2.45) is 11.8 Å². The summed E-state index contributed by atoms with van der Waals surface area (Å²) in [7, 11) is 0. The van der Waals surface area contributed by atoms with Crippen LogP contribution in [0.3, 0.4) is 0 Å². The van der Waals surface area contributed by atoms with E-state index in [1.807, 2.05) is 25.7 Å². The minimum Gasteiger partial charge on any atom is -0.444 e. The van der Waals surface area contributed by atoms with Gasteiger partial charge in [-0.3, -0.25) is 0 Å². The Hall–Kier alpha value is -0.810. The molecule has 1 saturated carbocycles. The second-order valence-corrected chi connectivity index (χ2v) is 7.49. The predicted molar refractivity (Wildman–Crippen MR) is 75.1 cm³/mol. The van der Waals surface area contributed by atoms with E-state index in [2.05, 4.69) is 5.48 Å². The first-order valence-corrected chi connectivity index (χ1v) is 7.78. The van der Waals surface area contributed by atoms with Gasteiger partial charge in [0.05, 0.1) is 12.1 Å². The summed E-state index contributed by atoms with van der Waals surface area (Å²) >= 11 is 0. The number of hydroxylamine groups is 1. The highest BCUT2D eigenvalue weighted by Gasteiger charge is 2.56. The van der Waals surface area contributed by atoms with Crippen LogP contribution < -0.4 is 5.48 Å². The van der Waals surface area contributed by atoms with Gasteiger partial charge >= 0.3 is 6.09 Å².